The highest BCUT2D eigenvalue weighted by atomic mass is 16.1. The number of rotatable bonds is 6. The van der Waals surface area contributed by atoms with E-state index in [2.05, 4.69) is 39.3 Å². The van der Waals surface area contributed by atoms with Gasteiger partial charge in [0.1, 0.15) is 0 Å². The van der Waals surface area contributed by atoms with Crippen LogP contribution in [-0.4, -0.2) is 41.8 Å². The van der Waals surface area contributed by atoms with Crippen LogP contribution in [0.4, 0.5) is 0 Å². The largest absolute Gasteiger partial charge is 0.354 e. The van der Waals surface area contributed by atoms with Gasteiger partial charge in [-0.1, -0.05) is 6.92 Å². The predicted octanol–water partition coefficient (Wildman–Crippen LogP) is 1.48. The maximum atomic E-state index is 12.2. The molecule has 138 valence electrons. The Morgan fingerprint density at radius 1 is 1.15 bits per heavy atom. The van der Waals surface area contributed by atoms with Gasteiger partial charge in [-0.25, -0.2) is 9.50 Å². The normalized spacial score (nSPS) is 11.3. The van der Waals surface area contributed by atoms with Crippen molar-refractivity contribution >= 4 is 11.7 Å². The quantitative estimate of drug-likeness (QED) is 0.723. The molecule has 0 spiro atoms. The Bertz CT molecular complexity index is 954. The van der Waals surface area contributed by atoms with Gasteiger partial charge in [0, 0.05) is 23.6 Å². The van der Waals surface area contributed by atoms with E-state index in [1.807, 2.05) is 31.5 Å². The van der Waals surface area contributed by atoms with Crippen LogP contribution in [0.1, 0.15) is 41.1 Å². The summed E-state index contributed by atoms with van der Waals surface area (Å²) in [6.07, 6.45) is 1.11. The van der Waals surface area contributed by atoms with Crippen LogP contribution in [-0.2, 0) is 24.2 Å². The molecular weight excluding hydrogens is 330 g/mol. The van der Waals surface area contributed by atoms with Crippen molar-refractivity contribution < 1.29 is 4.79 Å². The number of amides is 1. The molecule has 1 N–H and O–H groups in total. The number of nitrogens with one attached hydrogen (secondary N) is 1. The summed E-state index contributed by atoms with van der Waals surface area (Å²) in [5, 5.41) is 11.8. The summed E-state index contributed by atoms with van der Waals surface area (Å²) < 4.78 is 3.62. The van der Waals surface area contributed by atoms with Crippen LogP contribution in [0.25, 0.3) is 5.78 Å². The van der Waals surface area contributed by atoms with Gasteiger partial charge in [-0.05, 0) is 45.7 Å². The van der Waals surface area contributed by atoms with E-state index in [4.69, 9.17) is 0 Å². The first-order valence-corrected chi connectivity index (χ1v) is 8.88. The van der Waals surface area contributed by atoms with Crippen LogP contribution < -0.4 is 5.32 Å². The second kappa shape index (κ2) is 7.23. The third-order valence-electron chi connectivity index (χ3n) is 4.51. The van der Waals surface area contributed by atoms with Gasteiger partial charge in [0.05, 0.1) is 18.7 Å². The van der Waals surface area contributed by atoms with Gasteiger partial charge in [-0.2, -0.15) is 10.1 Å². The molecule has 0 aliphatic carbocycles. The molecule has 0 aliphatic heterocycles. The number of fused-ring (bicyclic) bond motifs is 1. The second-order valence-corrected chi connectivity index (χ2v) is 6.53. The van der Waals surface area contributed by atoms with Crippen LogP contribution in [0.15, 0.2) is 6.07 Å². The average Bonchev–Trinajstić information content (AvgIpc) is 3.08. The van der Waals surface area contributed by atoms with Crippen LogP contribution in [0.2, 0.25) is 0 Å². The van der Waals surface area contributed by atoms with Crippen molar-refractivity contribution in [1.82, 2.24) is 34.7 Å². The minimum Gasteiger partial charge on any atom is -0.354 e. The maximum absolute atomic E-state index is 12.2. The Balaban J connectivity index is 1.59. The molecule has 0 saturated heterocycles. The van der Waals surface area contributed by atoms with Crippen molar-refractivity contribution in [2.45, 2.75) is 54.0 Å². The first-order chi connectivity index (χ1) is 12.4. The first kappa shape index (κ1) is 18.0. The minimum atomic E-state index is -0.104. The zero-order valence-corrected chi connectivity index (χ0v) is 16.0. The fraction of sp³-hybridized carbons (Fsp3) is 0.500. The van der Waals surface area contributed by atoms with E-state index in [9.17, 15) is 4.79 Å². The molecule has 3 aromatic heterocycles. The van der Waals surface area contributed by atoms with Gasteiger partial charge in [0.2, 0.25) is 5.91 Å². The summed E-state index contributed by atoms with van der Waals surface area (Å²) in [6, 6.07) is 1.94. The fourth-order valence-electron chi connectivity index (χ4n) is 3.25. The van der Waals surface area contributed by atoms with E-state index < -0.39 is 0 Å². The monoisotopic (exact) mass is 355 g/mol. The third-order valence-corrected chi connectivity index (χ3v) is 4.51. The van der Waals surface area contributed by atoms with Gasteiger partial charge in [-0.3, -0.25) is 9.48 Å². The second-order valence-electron chi connectivity index (χ2n) is 6.53. The number of hydrogen-bond acceptors (Lipinski definition) is 5. The number of nitrogens with zero attached hydrogens (tertiary/aromatic N) is 6. The fourth-order valence-corrected chi connectivity index (χ4v) is 3.25. The van der Waals surface area contributed by atoms with Crippen molar-refractivity contribution in [3.8, 4) is 0 Å². The smallest absolute Gasteiger partial charge is 0.252 e. The Kier molecular flexibility index (Phi) is 5.01. The van der Waals surface area contributed by atoms with Crippen molar-refractivity contribution in [2.75, 3.05) is 6.54 Å². The van der Waals surface area contributed by atoms with Crippen LogP contribution in [0, 0.1) is 27.7 Å². The van der Waals surface area contributed by atoms with Crippen molar-refractivity contribution in [1.29, 1.82) is 0 Å². The lowest BCUT2D eigenvalue weighted by Crippen LogP contribution is -2.29. The molecule has 0 unspecified atom stereocenters. The summed E-state index contributed by atoms with van der Waals surface area (Å²) in [7, 11) is 0. The Morgan fingerprint density at radius 3 is 2.62 bits per heavy atom. The standard InChI is InChI=1S/C18H25N7O/c1-6-15-13(4)22-24(14(15)5)8-7-19-17(26)10-16-21-18-20-11(2)9-12(3)25(18)23-16/h9H,6-8,10H2,1-5H3,(H,19,26). The Labute approximate surface area is 152 Å². The zero-order chi connectivity index (χ0) is 18.8. The van der Waals surface area contributed by atoms with Crippen LogP contribution >= 0.6 is 0 Å². The molecule has 1 amide bonds. The lowest BCUT2D eigenvalue weighted by atomic mass is 10.1. The molecule has 0 aromatic carbocycles. The van der Waals surface area contributed by atoms with Gasteiger partial charge < -0.3 is 5.32 Å². The molecule has 26 heavy (non-hydrogen) atoms. The summed E-state index contributed by atoms with van der Waals surface area (Å²) >= 11 is 0. The molecule has 8 heteroatoms. The number of aromatic nitrogens is 6. The molecule has 3 aromatic rings. The zero-order valence-electron chi connectivity index (χ0n) is 16.0. The van der Waals surface area contributed by atoms with Gasteiger partial charge in [0.25, 0.3) is 5.78 Å². The number of carbonyl (C=O) groups is 1. The Morgan fingerprint density at radius 2 is 1.92 bits per heavy atom. The minimum absolute atomic E-state index is 0.104. The van der Waals surface area contributed by atoms with E-state index in [0.717, 1.165) is 29.2 Å². The number of carbonyl (C=O) groups excluding carboxylic acids is 1. The molecule has 3 rings (SSSR count). The summed E-state index contributed by atoms with van der Waals surface area (Å²) in [6.45, 7) is 11.2. The molecule has 0 saturated carbocycles. The predicted molar refractivity (Wildman–Crippen MR) is 98.0 cm³/mol. The molecule has 0 bridgehead atoms. The van der Waals surface area contributed by atoms with Crippen LogP contribution in [0.5, 0.6) is 0 Å². The van der Waals surface area contributed by atoms with E-state index in [-0.39, 0.29) is 12.3 Å². The van der Waals surface area contributed by atoms with E-state index in [1.165, 1.54) is 5.56 Å². The molecular formula is C18H25N7O. The average molecular weight is 355 g/mol. The lowest BCUT2D eigenvalue weighted by molar-refractivity contribution is -0.120. The van der Waals surface area contributed by atoms with E-state index in [1.54, 1.807) is 4.52 Å². The lowest BCUT2D eigenvalue weighted by Gasteiger charge is -2.06. The summed E-state index contributed by atoms with van der Waals surface area (Å²) in [5.74, 6) is 0.899. The van der Waals surface area contributed by atoms with Crippen molar-refractivity contribution in [3.63, 3.8) is 0 Å². The maximum Gasteiger partial charge on any atom is 0.252 e. The van der Waals surface area contributed by atoms with E-state index in [0.29, 0.717) is 24.7 Å². The molecule has 0 atom stereocenters. The topological polar surface area (TPSA) is 90.0 Å². The first-order valence-electron chi connectivity index (χ1n) is 8.88. The number of hydrogen-bond donors (Lipinski definition) is 1. The van der Waals surface area contributed by atoms with Crippen molar-refractivity contribution in [2.24, 2.45) is 0 Å². The van der Waals surface area contributed by atoms with Gasteiger partial charge >= 0.3 is 0 Å². The molecule has 8 nitrogen and oxygen atoms in total. The molecule has 0 radical (unpaired) electrons. The van der Waals surface area contributed by atoms with Crippen LogP contribution in [0.3, 0.4) is 0 Å². The molecule has 0 fully saturated rings. The molecule has 0 aliphatic rings. The summed E-state index contributed by atoms with van der Waals surface area (Å²) in [5.41, 5.74) is 5.34. The highest BCUT2D eigenvalue weighted by Gasteiger charge is 2.13. The van der Waals surface area contributed by atoms with Gasteiger partial charge in [0.15, 0.2) is 5.82 Å². The van der Waals surface area contributed by atoms with E-state index >= 15 is 0 Å². The Hall–Kier alpha value is -2.77. The highest BCUT2D eigenvalue weighted by Crippen LogP contribution is 2.13. The number of aryl methyl sites for hydroxylation is 3. The highest BCUT2D eigenvalue weighted by molar-refractivity contribution is 5.77. The third kappa shape index (κ3) is 3.58. The summed E-state index contributed by atoms with van der Waals surface area (Å²) in [4.78, 5) is 20.9. The van der Waals surface area contributed by atoms with Gasteiger partial charge in [-0.15, -0.1) is 5.10 Å². The SMILES string of the molecule is CCc1c(C)nn(CCNC(=O)Cc2nc3nc(C)cc(C)n3n2)c1C. The van der Waals surface area contributed by atoms with Crippen molar-refractivity contribution in [3.05, 3.63) is 40.2 Å². The molecule has 3 heterocycles.